The van der Waals surface area contributed by atoms with E-state index in [-0.39, 0.29) is 30.3 Å². The van der Waals surface area contributed by atoms with Crippen LogP contribution in [0.15, 0.2) is 24.3 Å². The van der Waals surface area contributed by atoms with E-state index < -0.39 is 0 Å². The molecule has 1 aliphatic carbocycles. The van der Waals surface area contributed by atoms with Gasteiger partial charge >= 0.3 is 0 Å². The number of hydrogen-bond donors (Lipinski definition) is 2. The summed E-state index contributed by atoms with van der Waals surface area (Å²) in [7, 11) is 1.74. The molecular formula is C19H25N3O4. The Kier molecular flexibility index (Phi) is 4.69. The van der Waals surface area contributed by atoms with Crippen LogP contribution >= 0.6 is 0 Å². The summed E-state index contributed by atoms with van der Waals surface area (Å²) in [5.74, 6) is -0.0609. The number of carbonyl (C=O) groups is 1. The smallest absolute Gasteiger partial charge is 0.275 e. The maximum absolute atomic E-state index is 13.3. The third kappa shape index (κ3) is 2.80. The van der Waals surface area contributed by atoms with Crippen LogP contribution in [0.5, 0.6) is 0 Å². The standard InChI is InChI=1S/C19H25N3O4/c1-25-19-7-6-13(26-11-10-23)12-16(19)22(9-8-19)18(24)17-14-4-2-3-5-15(14)20-21-17/h2-5,13,16,23H,6-12H2,1H3,(H,20,21)/t13-,16+,19-/m1/s1. The highest BCUT2D eigenvalue weighted by atomic mass is 16.5. The van der Waals surface area contributed by atoms with Crippen molar-refractivity contribution >= 4 is 16.8 Å². The van der Waals surface area contributed by atoms with Gasteiger partial charge in [-0.25, -0.2) is 0 Å². The molecule has 0 bridgehead atoms. The van der Waals surface area contributed by atoms with E-state index >= 15 is 0 Å². The monoisotopic (exact) mass is 359 g/mol. The first-order valence-electron chi connectivity index (χ1n) is 9.20. The van der Waals surface area contributed by atoms with Crippen molar-refractivity contribution in [3.8, 4) is 0 Å². The minimum Gasteiger partial charge on any atom is -0.394 e. The molecule has 26 heavy (non-hydrogen) atoms. The Hall–Kier alpha value is -1.96. The highest BCUT2D eigenvalue weighted by Gasteiger charge is 2.53. The van der Waals surface area contributed by atoms with Crippen LogP contribution in [0, 0.1) is 0 Å². The largest absolute Gasteiger partial charge is 0.394 e. The summed E-state index contributed by atoms with van der Waals surface area (Å²) in [6.07, 6.45) is 3.34. The Morgan fingerprint density at radius 2 is 2.27 bits per heavy atom. The number of ether oxygens (including phenoxy) is 2. The number of methoxy groups -OCH3 is 1. The van der Waals surface area contributed by atoms with E-state index in [1.54, 1.807) is 7.11 Å². The van der Waals surface area contributed by atoms with E-state index in [4.69, 9.17) is 14.6 Å². The Bertz CT molecular complexity index is 792. The number of likely N-dealkylation sites (tertiary alicyclic amines) is 1. The predicted octanol–water partition coefficient (Wildman–Crippen LogP) is 1.72. The number of fused-ring (bicyclic) bond motifs is 2. The van der Waals surface area contributed by atoms with Gasteiger partial charge in [-0.05, 0) is 31.7 Å². The lowest BCUT2D eigenvalue weighted by atomic mass is 9.79. The second kappa shape index (κ2) is 6.98. The van der Waals surface area contributed by atoms with E-state index in [0.29, 0.717) is 18.8 Å². The molecule has 3 atom stereocenters. The molecule has 2 aromatic rings. The molecule has 7 heteroatoms. The number of para-hydroxylation sites is 1. The molecule has 1 aromatic heterocycles. The van der Waals surface area contributed by atoms with Gasteiger partial charge in [0.25, 0.3) is 5.91 Å². The van der Waals surface area contributed by atoms with Crippen molar-refractivity contribution in [2.75, 3.05) is 26.9 Å². The van der Waals surface area contributed by atoms with Crippen LogP contribution in [0.2, 0.25) is 0 Å². The number of aliphatic hydroxyl groups is 1. The predicted molar refractivity (Wildman–Crippen MR) is 96.0 cm³/mol. The van der Waals surface area contributed by atoms with Gasteiger partial charge in [0.1, 0.15) is 0 Å². The summed E-state index contributed by atoms with van der Waals surface area (Å²) in [4.78, 5) is 15.2. The van der Waals surface area contributed by atoms with Crippen molar-refractivity contribution in [1.82, 2.24) is 15.1 Å². The fraction of sp³-hybridized carbons (Fsp3) is 0.579. The van der Waals surface area contributed by atoms with Gasteiger partial charge < -0.3 is 19.5 Å². The zero-order chi connectivity index (χ0) is 18.1. The van der Waals surface area contributed by atoms with Gasteiger partial charge in [0.2, 0.25) is 0 Å². The number of aliphatic hydroxyl groups excluding tert-OH is 1. The third-order valence-electron chi connectivity index (χ3n) is 5.92. The van der Waals surface area contributed by atoms with E-state index in [2.05, 4.69) is 10.2 Å². The second-order valence-electron chi connectivity index (χ2n) is 7.14. The first-order chi connectivity index (χ1) is 12.7. The molecule has 2 heterocycles. The lowest BCUT2D eigenvalue weighted by Crippen LogP contribution is -2.53. The van der Waals surface area contributed by atoms with Crippen molar-refractivity contribution in [3.63, 3.8) is 0 Å². The van der Waals surface area contributed by atoms with Crippen LogP contribution in [0.4, 0.5) is 0 Å². The molecule has 1 aliphatic heterocycles. The first kappa shape index (κ1) is 17.5. The van der Waals surface area contributed by atoms with Crippen LogP contribution in [0.3, 0.4) is 0 Å². The maximum Gasteiger partial charge on any atom is 0.275 e. The second-order valence-corrected chi connectivity index (χ2v) is 7.14. The average Bonchev–Trinajstić information content (AvgIpc) is 3.27. The lowest BCUT2D eigenvalue weighted by molar-refractivity contribution is -0.0992. The highest BCUT2D eigenvalue weighted by molar-refractivity contribution is 6.04. The van der Waals surface area contributed by atoms with Gasteiger partial charge in [0.05, 0.1) is 36.5 Å². The van der Waals surface area contributed by atoms with E-state index in [0.717, 1.165) is 36.6 Å². The number of H-pyrrole nitrogens is 1. The number of benzene rings is 1. The van der Waals surface area contributed by atoms with Crippen molar-refractivity contribution in [3.05, 3.63) is 30.0 Å². The van der Waals surface area contributed by atoms with E-state index in [9.17, 15) is 4.79 Å². The van der Waals surface area contributed by atoms with Crippen LogP contribution in [0.1, 0.15) is 36.2 Å². The number of hydrogen-bond acceptors (Lipinski definition) is 5. The molecule has 2 aliphatic rings. The molecule has 0 spiro atoms. The molecule has 2 N–H and O–H groups in total. The molecule has 4 rings (SSSR count). The molecule has 1 amide bonds. The molecule has 140 valence electrons. The topological polar surface area (TPSA) is 87.7 Å². The Labute approximate surface area is 152 Å². The third-order valence-corrected chi connectivity index (χ3v) is 5.92. The number of aromatic amines is 1. The van der Waals surface area contributed by atoms with Crippen molar-refractivity contribution < 1.29 is 19.4 Å². The number of carbonyl (C=O) groups excluding carboxylic acids is 1. The van der Waals surface area contributed by atoms with Crippen molar-refractivity contribution in [2.45, 2.75) is 43.4 Å². The summed E-state index contributed by atoms with van der Waals surface area (Å²) in [5.41, 5.74) is 1.02. The van der Waals surface area contributed by atoms with Gasteiger partial charge in [-0.1, -0.05) is 18.2 Å². The van der Waals surface area contributed by atoms with Crippen molar-refractivity contribution in [1.29, 1.82) is 0 Å². The first-order valence-corrected chi connectivity index (χ1v) is 9.20. The summed E-state index contributed by atoms with van der Waals surface area (Å²) >= 11 is 0. The minimum absolute atomic E-state index is 0.0124. The SMILES string of the molecule is CO[C@@]12CC[C@@H](OCCO)C[C@@H]1N(C(=O)c1n[nH]c3ccccc13)CC2. The number of nitrogens with zero attached hydrogens (tertiary/aromatic N) is 2. The van der Waals surface area contributed by atoms with Gasteiger partial charge in [0.15, 0.2) is 5.69 Å². The van der Waals surface area contributed by atoms with Crippen LogP contribution in [-0.2, 0) is 9.47 Å². The zero-order valence-corrected chi connectivity index (χ0v) is 15.0. The van der Waals surface area contributed by atoms with Gasteiger partial charge in [-0.3, -0.25) is 9.89 Å². The summed E-state index contributed by atoms with van der Waals surface area (Å²) < 4.78 is 11.7. The molecular weight excluding hydrogens is 334 g/mol. The van der Waals surface area contributed by atoms with E-state index in [1.807, 2.05) is 29.2 Å². The minimum atomic E-state index is -0.305. The van der Waals surface area contributed by atoms with Gasteiger partial charge in [0, 0.05) is 19.0 Å². The molecule has 0 radical (unpaired) electrons. The highest BCUT2D eigenvalue weighted by Crippen LogP contribution is 2.43. The number of aromatic nitrogens is 2. The number of nitrogens with one attached hydrogen (secondary N) is 1. The Morgan fingerprint density at radius 3 is 3.08 bits per heavy atom. The Morgan fingerprint density at radius 1 is 1.42 bits per heavy atom. The van der Waals surface area contributed by atoms with Gasteiger partial charge in [-0.2, -0.15) is 5.10 Å². The lowest BCUT2D eigenvalue weighted by Gasteiger charge is -2.43. The Balaban J connectivity index is 1.60. The quantitative estimate of drug-likeness (QED) is 0.849. The van der Waals surface area contributed by atoms with Crippen molar-refractivity contribution in [2.24, 2.45) is 0 Å². The summed E-state index contributed by atoms with van der Waals surface area (Å²) in [6, 6.07) is 7.64. The van der Waals surface area contributed by atoms with Crippen LogP contribution in [-0.4, -0.2) is 70.7 Å². The van der Waals surface area contributed by atoms with Crippen LogP contribution < -0.4 is 0 Å². The molecule has 1 saturated heterocycles. The molecule has 1 aromatic carbocycles. The van der Waals surface area contributed by atoms with Crippen LogP contribution in [0.25, 0.3) is 10.9 Å². The molecule has 7 nitrogen and oxygen atoms in total. The molecule has 2 fully saturated rings. The molecule has 1 saturated carbocycles. The maximum atomic E-state index is 13.3. The molecule has 0 unspecified atom stereocenters. The fourth-order valence-electron chi connectivity index (χ4n) is 4.54. The number of amides is 1. The summed E-state index contributed by atoms with van der Waals surface area (Å²) in [6.45, 7) is 0.999. The van der Waals surface area contributed by atoms with E-state index in [1.165, 1.54) is 0 Å². The average molecular weight is 359 g/mol. The number of rotatable bonds is 5. The van der Waals surface area contributed by atoms with Gasteiger partial charge in [-0.15, -0.1) is 0 Å². The fourth-order valence-corrected chi connectivity index (χ4v) is 4.54. The normalized spacial score (nSPS) is 28.5. The zero-order valence-electron chi connectivity index (χ0n) is 15.0. The summed E-state index contributed by atoms with van der Waals surface area (Å²) in [5, 5.41) is 17.1.